The van der Waals surface area contributed by atoms with Crippen molar-refractivity contribution in [2.24, 2.45) is 0 Å². The minimum atomic E-state index is -0.260. The highest BCUT2D eigenvalue weighted by atomic mass is 32.2. The third kappa shape index (κ3) is 5.13. The first-order valence-corrected chi connectivity index (χ1v) is 10.2. The van der Waals surface area contributed by atoms with Crippen LogP contribution in [-0.2, 0) is 17.8 Å². The molecule has 0 unspecified atom stereocenters. The van der Waals surface area contributed by atoms with E-state index in [1.54, 1.807) is 4.57 Å². The van der Waals surface area contributed by atoms with Crippen molar-refractivity contribution in [2.75, 3.05) is 11.1 Å². The zero-order valence-electron chi connectivity index (χ0n) is 16.0. The Morgan fingerprint density at radius 1 is 1.14 bits per heavy atom. The SMILES string of the molecule is CC(C)c1ccccc1NC(=O)CSc1n[nH]c(=O)n1CCc1ccccc1. The Hall–Kier alpha value is -2.80. The molecule has 3 rings (SSSR count). The summed E-state index contributed by atoms with van der Waals surface area (Å²) in [6, 6.07) is 17.8. The highest BCUT2D eigenvalue weighted by Gasteiger charge is 2.13. The normalized spacial score (nSPS) is 11.0. The van der Waals surface area contributed by atoms with Crippen LogP contribution in [0.2, 0.25) is 0 Å². The van der Waals surface area contributed by atoms with Gasteiger partial charge < -0.3 is 5.32 Å². The van der Waals surface area contributed by atoms with Gasteiger partial charge in [-0.3, -0.25) is 9.36 Å². The molecule has 0 atom stereocenters. The van der Waals surface area contributed by atoms with Crippen molar-refractivity contribution < 1.29 is 4.79 Å². The number of thioether (sulfide) groups is 1. The molecule has 0 aliphatic heterocycles. The summed E-state index contributed by atoms with van der Waals surface area (Å²) in [7, 11) is 0. The Labute approximate surface area is 168 Å². The van der Waals surface area contributed by atoms with Gasteiger partial charge in [0.05, 0.1) is 5.75 Å². The molecule has 0 aliphatic rings. The molecule has 3 aromatic rings. The van der Waals surface area contributed by atoms with Gasteiger partial charge in [0.25, 0.3) is 0 Å². The summed E-state index contributed by atoms with van der Waals surface area (Å²) in [4.78, 5) is 24.4. The van der Waals surface area contributed by atoms with Crippen LogP contribution in [0.1, 0.15) is 30.9 Å². The van der Waals surface area contributed by atoms with Crippen molar-refractivity contribution in [3.05, 3.63) is 76.2 Å². The van der Waals surface area contributed by atoms with Gasteiger partial charge in [-0.1, -0.05) is 74.1 Å². The lowest BCUT2D eigenvalue weighted by atomic mass is 10.0. The Balaban J connectivity index is 1.60. The van der Waals surface area contributed by atoms with Gasteiger partial charge in [0.1, 0.15) is 0 Å². The number of aromatic amines is 1. The number of amides is 1. The van der Waals surface area contributed by atoms with Crippen LogP contribution in [0, 0.1) is 0 Å². The molecular formula is C21H24N4O2S. The van der Waals surface area contributed by atoms with Crippen LogP contribution in [0.5, 0.6) is 0 Å². The number of anilines is 1. The van der Waals surface area contributed by atoms with E-state index in [1.165, 1.54) is 11.8 Å². The first-order valence-electron chi connectivity index (χ1n) is 9.25. The molecule has 0 bridgehead atoms. The van der Waals surface area contributed by atoms with E-state index in [9.17, 15) is 9.59 Å². The summed E-state index contributed by atoms with van der Waals surface area (Å²) >= 11 is 1.25. The summed E-state index contributed by atoms with van der Waals surface area (Å²) in [5, 5.41) is 10.0. The predicted octanol–water partition coefficient (Wildman–Crippen LogP) is 3.67. The van der Waals surface area contributed by atoms with E-state index >= 15 is 0 Å². The molecular weight excluding hydrogens is 372 g/mol. The average Bonchev–Trinajstić information content (AvgIpc) is 3.05. The van der Waals surface area contributed by atoms with Gasteiger partial charge in [-0.05, 0) is 29.5 Å². The fourth-order valence-electron chi connectivity index (χ4n) is 2.93. The number of nitrogens with zero attached hydrogens (tertiary/aromatic N) is 2. The molecule has 1 heterocycles. The standard InChI is InChI=1S/C21H24N4O2S/c1-15(2)17-10-6-7-11-18(17)22-19(26)14-28-21-24-23-20(27)25(21)13-12-16-8-4-3-5-9-16/h3-11,15H,12-14H2,1-2H3,(H,22,26)(H,23,27). The maximum atomic E-state index is 12.4. The van der Waals surface area contributed by atoms with E-state index in [0.29, 0.717) is 17.6 Å². The van der Waals surface area contributed by atoms with E-state index in [2.05, 4.69) is 29.4 Å². The molecule has 0 saturated carbocycles. The second kappa shape index (κ2) is 9.41. The number of rotatable bonds is 8. The Morgan fingerprint density at radius 2 is 1.86 bits per heavy atom. The average molecular weight is 397 g/mol. The van der Waals surface area contributed by atoms with Crippen LogP contribution >= 0.6 is 11.8 Å². The van der Waals surface area contributed by atoms with Gasteiger partial charge in [-0.2, -0.15) is 0 Å². The van der Waals surface area contributed by atoms with Crippen molar-refractivity contribution >= 4 is 23.4 Å². The maximum absolute atomic E-state index is 12.4. The van der Waals surface area contributed by atoms with E-state index in [-0.39, 0.29) is 17.3 Å². The van der Waals surface area contributed by atoms with Crippen molar-refractivity contribution in [1.29, 1.82) is 0 Å². The van der Waals surface area contributed by atoms with Gasteiger partial charge in [-0.25, -0.2) is 9.89 Å². The monoisotopic (exact) mass is 396 g/mol. The fraction of sp³-hybridized carbons (Fsp3) is 0.286. The molecule has 2 N–H and O–H groups in total. The smallest absolute Gasteiger partial charge is 0.325 e. The van der Waals surface area contributed by atoms with E-state index in [0.717, 1.165) is 23.2 Å². The largest absolute Gasteiger partial charge is 0.343 e. The lowest BCUT2D eigenvalue weighted by Gasteiger charge is -2.13. The molecule has 0 spiro atoms. The van der Waals surface area contributed by atoms with E-state index in [4.69, 9.17) is 0 Å². The van der Waals surface area contributed by atoms with Crippen molar-refractivity contribution in [2.45, 2.75) is 37.9 Å². The number of nitrogens with one attached hydrogen (secondary N) is 2. The Kier molecular flexibility index (Phi) is 6.71. The van der Waals surface area contributed by atoms with Crippen molar-refractivity contribution in [3.8, 4) is 0 Å². The third-order valence-electron chi connectivity index (χ3n) is 4.38. The van der Waals surface area contributed by atoms with Crippen molar-refractivity contribution in [1.82, 2.24) is 14.8 Å². The zero-order chi connectivity index (χ0) is 19.9. The maximum Gasteiger partial charge on any atom is 0.343 e. The highest BCUT2D eigenvalue weighted by molar-refractivity contribution is 7.99. The number of H-pyrrole nitrogens is 1. The van der Waals surface area contributed by atoms with Crippen LogP contribution in [0.4, 0.5) is 5.69 Å². The quantitative estimate of drug-likeness (QED) is 0.570. The lowest BCUT2D eigenvalue weighted by Crippen LogP contribution is -2.20. The predicted molar refractivity (Wildman–Crippen MR) is 113 cm³/mol. The molecule has 7 heteroatoms. The first kappa shape index (κ1) is 19.9. The molecule has 1 amide bonds. The summed E-state index contributed by atoms with van der Waals surface area (Å²) in [6.45, 7) is 4.70. The molecule has 28 heavy (non-hydrogen) atoms. The number of carbonyl (C=O) groups excluding carboxylic acids is 1. The molecule has 6 nitrogen and oxygen atoms in total. The Bertz CT molecular complexity index is 979. The van der Waals surface area contributed by atoms with Gasteiger partial charge in [0.2, 0.25) is 5.91 Å². The van der Waals surface area contributed by atoms with E-state index in [1.807, 2.05) is 54.6 Å². The number of aromatic nitrogens is 3. The second-order valence-corrected chi connectivity index (χ2v) is 7.72. The summed E-state index contributed by atoms with van der Waals surface area (Å²) in [5.74, 6) is 0.379. The summed E-state index contributed by atoms with van der Waals surface area (Å²) < 4.78 is 1.58. The minimum absolute atomic E-state index is 0.122. The van der Waals surface area contributed by atoms with Crippen LogP contribution in [0.15, 0.2) is 64.5 Å². The van der Waals surface area contributed by atoms with E-state index < -0.39 is 0 Å². The minimum Gasteiger partial charge on any atom is -0.325 e. The van der Waals surface area contributed by atoms with Crippen LogP contribution in [0.25, 0.3) is 0 Å². The van der Waals surface area contributed by atoms with Crippen molar-refractivity contribution in [3.63, 3.8) is 0 Å². The molecule has 0 aliphatic carbocycles. The number of para-hydroxylation sites is 1. The van der Waals surface area contributed by atoms with Gasteiger partial charge >= 0.3 is 5.69 Å². The number of aryl methyl sites for hydroxylation is 1. The fourth-order valence-corrected chi connectivity index (χ4v) is 3.70. The third-order valence-corrected chi connectivity index (χ3v) is 5.36. The van der Waals surface area contributed by atoms with Crippen LogP contribution in [0.3, 0.4) is 0 Å². The van der Waals surface area contributed by atoms with Gasteiger partial charge in [0.15, 0.2) is 5.16 Å². The van der Waals surface area contributed by atoms with Crippen LogP contribution < -0.4 is 11.0 Å². The molecule has 1 aromatic heterocycles. The second-order valence-electron chi connectivity index (χ2n) is 6.78. The lowest BCUT2D eigenvalue weighted by molar-refractivity contribution is -0.113. The Morgan fingerprint density at radius 3 is 2.61 bits per heavy atom. The molecule has 146 valence electrons. The molecule has 0 saturated heterocycles. The van der Waals surface area contributed by atoms with Gasteiger partial charge in [0, 0.05) is 12.2 Å². The zero-order valence-corrected chi connectivity index (χ0v) is 16.8. The summed E-state index contributed by atoms with van der Waals surface area (Å²) in [6.07, 6.45) is 0.724. The highest BCUT2D eigenvalue weighted by Crippen LogP contribution is 2.24. The number of carbonyl (C=O) groups is 1. The number of hydrogen-bond acceptors (Lipinski definition) is 4. The number of benzene rings is 2. The molecule has 0 fully saturated rings. The number of hydrogen-bond donors (Lipinski definition) is 2. The van der Waals surface area contributed by atoms with Gasteiger partial charge in [-0.15, -0.1) is 5.10 Å². The molecule has 0 radical (unpaired) electrons. The van der Waals surface area contributed by atoms with Crippen LogP contribution in [-0.4, -0.2) is 26.4 Å². The first-order chi connectivity index (χ1) is 13.5. The summed E-state index contributed by atoms with van der Waals surface area (Å²) in [5.41, 5.74) is 2.81. The topological polar surface area (TPSA) is 79.8 Å². The molecule has 2 aromatic carbocycles.